The molecule has 210 valence electrons. The Balaban J connectivity index is 1.47. The van der Waals surface area contributed by atoms with Gasteiger partial charge in [-0.1, -0.05) is 45.0 Å². The van der Waals surface area contributed by atoms with E-state index in [1.165, 1.54) is 4.88 Å². The van der Waals surface area contributed by atoms with Gasteiger partial charge in [0.2, 0.25) is 0 Å². The molecule has 0 bridgehead atoms. The number of para-hydroxylation sites is 1. The first-order valence-corrected chi connectivity index (χ1v) is 14.7. The number of carbonyl (C=O) groups is 1. The number of hydrogen-bond donors (Lipinski definition) is 1. The number of nitrogens with zero attached hydrogens (tertiary/aromatic N) is 4. The Morgan fingerprint density at radius 3 is 2.52 bits per heavy atom. The van der Waals surface area contributed by atoms with Crippen molar-refractivity contribution in [1.82, 2.24) is 4.90 Å². The van der Waals surface area contributed by atoms with Crippen molar-refractivity contribution in [2.45, 2.75) is 40.0 Å². The van der Waals surface area contributed by atoms with Crippen LogP contribution in [-0.2, 0) is 12.8 Å². The Labute approximate surface area is 239 Å². The summed E-state index contributed by atoms with van der Waals surface area (Å²) in [6, 6.07) is 14.7. The second kappa shape index (κ2) is 11.5. The average Bonchev–Trinajstić information content (AvgIpc) is 3.30. The van der Waals surface area contributed by atoms with Gasteiger partial charge in [-0.15, -0.1) is 11.3 Å². The van der Waals surface area contributed by atoms with Crippen LogP contribution in [-0.4, -0.2) is 55.2 Å². The number of amides is 1. The summed E-state index contributed by atoms with van der Waals surface area (Å²) in [6.45, 7) is 10.1. The van der Waals surface area contributed by atoms with Crippen molar-refractivity contribution < 1.29 is 9.72 Å². The smallest absolute Gasteiger partial charge is 0.293 e. The Morgan fingerprint density at radius 2 is 1.85 bits per heavy atom. The minimum absolute atomic E-state index is 0.0778. The Kier molecular flexibility index (Phi) is 8.05. The van der Waals surface area contributed by atoms with E-state index >= 15 is 0 Å². The van der Waals surface area contributed by atoms with E-state index in [1.807, 2.05) is 42.5 Å². The lowest BCUT2D eigenvalue weighted by atomic mass is 9.72. The van der Waals surface area contributed by atoms with Crippen LogP contribution in [0.15, 0.2) is 53.5 Å². The molecule has 0 spiro atoms. The van der Waals surface area contributed by atoms with Crippen molar-refractivity contribution >= 4 is 45.5 Å². The molecule has 2 aliphatic rings. The lowest BCUT2D eigenvalue weighted by molar-refractivity contribution is -0.384. The molecule has 2 heterocycles. The Hall–Kier alpha value is -3.56. The predicted molar refractivity (Wildman–Crippen MR) is 164 cm³/mol. The standard InChI is InChI=1S/C31H37N5O3S/c1-31(2,3)22-11-12-24-27(19-22)40-30(28(24)29(37)33-23-8-6-5-7-9-23)32-20-21-10-13-25(26(18-21)36(38)39)35-16-14-34(4)15-17-35/h5-10,13,18,20,22H,11-12,14-17,19H2,1-4H3,(H,33,37)/t22-/m1/s1. The second-order valence-corrected chi connectivity index (χ2v) is 12.9. The minimum atomic E-state index is -0.319. The molecule has 1 aliphatic heterocycles. The number of aliphatic imine (C=N–C) groups is 1. The van der Waals surface area contributed by atoms with Crippen molar-refractivity contribution in [2.24, 2.45) is 16.3 Å². The quantitative estimate of drug-likeness (QED) is 0.210. The van der Waals surface area contributed by atoms with E-state index in [-0.39, 0.29) is 21.9 Å². The van der Waals surface area contributed by atoms with Gasteiger partial charge in [-0.2, -0.15) is 0 Å². The van der Waals surface area contributed by atoms with Crippen LogP contribution >= 0.6 is 11.3 Å². The SMILES string of the molecule is CN1CCN(c2ccc(C=Nc3sc4c(c3C(=O)Nc3ccccc3)CC[C@@H](C(C)(C)C)C4)cc2[N+](=O)[O-])CC1. The van der Waals surface area contributed by atoms with Gasteiger partial charge in [0, 0.05) is 49.0 Å². The molecule has 1 aromatic heterocycles. The zero-order valence-corrected chi connectivity index (χ0v) is 24.5. The number of piperazine rings is 1. The number of benzene rings is 2. The zero-order valence-electron chi connectivity index (χ0n) is 23.6. The normalized spacial score (nSPS) is 18.1. The van der Waals surface area contributed by atoms with Gasteiger partial charge in [-0.3, -0.25) is 14.9 Å². The molecule has 1 amide bonds. The summed E-state index contributed by atoms with van der Waals surface area (Å²) in [7, 11) is 2.06. The van der Waals surface area contributed by atoms with Gasteiger partial charge in [-0.05, 0) is 67.0 Å². The molecule has 0 unspecified atom stereocenters. The van der Waals surface area contributed by atoms with E-state index < -0.39 is 0 Å². The fourth-order valence-corrected chi connectivity index (χ4v) is 6.83. The molecule has 0 radical (unpaired) electrons. The molecule has 5 rings (SSSR count). The van der Waals surface area contributed by atoms with E-state index in [2.05, 4.69) is 42.9 Å². The number of anilines is 2. The van der Waals surface area contributed by atoms with Crippen molar-refractivity contribution in [3.05, 3.63) is 80.2 Å². The maximum absolute atomic E-state index is 13.6. The van der Waals surface area contributed by atoms with Crippen LogP contribution < -0.4 is 10.2 Å². The fourth-order valence-electron chi connectivity index (χ4n) is 5.57. The van der Waals surface area contributed by atoms with Crippen molar-refractivity contribution in [3.63, 3.8) is 0 Å². The molecule has 1 N–H and O–H groups in total. The molecule has 40 heavy (non-hydrogen) atoms. The summed E-state index contributed by atoms with van der Waals surface area (Å²) in [5.41, 5.74) is 3.98. The predicted octanol–water partition coefficient (Wildman–Crippen LogP) is 6.56. The first-order valence-electron chi connectivity index (χ1n) is 13.9. The molecule has 0 saturated carbocycles. The topological polar surface area (TPSA) is 91.1 Å². The average molecular weight is 560 g/mol. The van der Waals surface area contributed by atoms with Gasteiger partial charge in [0.05, 0.1) is 10.5 Å². The number of likely N-dealkylation sites (N-methyl/N-ethyl adjacent to an activating group) is 1. The van der Waals surface area contributed by atoms with E-state index in [0.29, 0.717) is 27.7 Å². The fraction of sp³-hybridized carbons (Fsp3) is 0.419. The zero-order chi connectivity index (χ0) is 28.4. The van der Waals surface area contributed by atoms with Crippen LogP contribution in [0.3, 0.4) is 0 Å². The minimum Gasteiger partial charge on any atom is -0.363 e. The highest BCUT2D eigenvalue weighted by Crippen LogP contribution is 2.45. The van der Waals surface area contributed by atoms with E-state index in [1.54, 1.807) is 23.6 Å². The van der Waals surface area contributed by atoms with Gasteiger partial charge < -0.3 is 15.1 Å². The molecule has 1 fully saturated rings. The third-order valence-electron chi connectivity index (χ3n) is 8.10. The third kappa shape index (κ3) is 6.10. The number of hydrogen-bond acceptors (Lipinski definition) is 7. The van der Waals surface area contributed by atoms with Gasteiger partial charge in [0.25, 0.3) is 11.6 Å². The highest BCUT2D eigenvalue weighted by Gasteiger charge is 2.34. The monoisotopic (exact) mass is 559 g/mol. The summed E-state index contributed by atoms with van der Waals surface area (Å²) in [5, 5.41) is 15.7. The number of thiophene rings is 1. The Bertz CT molecular complexity index is 1420. The summed E-state index contributed by atoms with van der Waals surface area (Å²) in [5.74, 6) is 0.367. The molecule has 1 atom stereocenters. The summed E-state index contributed by atoms with van der Waals surface area (Å²) < 4.78 is 0. The molecule has 1 saturated heterocycles. The second-order valence-electron chi connectivity index (χ2n) is 11.9. The number of rotatable bonds is 6. The lowest BCUT2D eigenvalue weighted by Gasteiger charge is -2.33. The maximum atomic E-state index is 13.6. The molecular weight excluding hydrogens is 522 g/mol. The number of nitro groups is 1. The maximum Gasteiger partial charge on any atom is 0.293 e. The molecule has 2 aromatic carbocycles. The first-order chi connectivity index (χ1) is 19.1. The first kappa shape index (κ1) is 28.0. The van der Waals surface area contributed by atoms with E-state index in [9.17, 15) is 14.9 Å². The van der Waals surface area contributed by atoms with Crippen LogP contribution in [0, 0.1) is 21.4 Å². The molecular formula is C31H37N5O3S. The van der Waals surface area contributed by atoms with Crippen LogP contribution in [0.25, 0.3) is 0 Å². The highest BCUT2D eigenvalue weighted by atomic mass is 32.1. The highest BCUT2D eigenvalue weighted by molar-refractivity contribution is 7.16. The van der Waals surface area contributed by atoms with Crippen molar-refractivity contribution in [1.29, 1.82) is 0 Å². The Morgan fingerprint density at radius 1 is 1.12 bits per heavy atom. The largest absolute Gasteiger partial charge is 0.363 e. The van der Waals surface area contributed by atoms with Crippen LogP contribution in [0.2, 0.25) is 0 Å². The molecule has 1 aliphatic carbocycles. The molecule has 3 aromatic rings. The summed E-state index contributed by atoms with van der Waals surface area (Å²) in [4.78, 5) is 35.5. The summed E-state index contributed by atoms with van der Waals surface area (Å²) in [6.07, 6.45) is 4.45. The van der Waals surface area contributed by atoms with E-state index in [0.717, 1.165) is 56.7 Å². The number of nitro benzene ring substituents is 1. The van der Waals surface area contributed by atoms with Crippen LogP contribution in [0.4, 0.5) is 22.1 Å². The van der Waals surface area contributed by atoms with Gasteiger partial charge in [0.15, 0.2) is 0 Å². The summed E-state index contributed by atoms with van der Waals surface area (Å²) >= 11 is 1.57. The van der Waals surface area contributed by atoms with Gasteiger partial charge in [0.1, 0.15) is 10.7 Å². The van der Waals surface area contributed by atoms with Crippen molar-refractivity contribution in [2.75, 3.05) is 43.4 Å². The van der Waals surface area contributed by atoms with Gasteiger partial charge >= 0.3 is 0 Å². The van der Waals surface area contributed by atoms with Crippen LogP contribution in [0.1, 0.15) is 53.6 Å². The van der Waals surface area contributed by atoms with Crippen molar-refractivity contribution in [3.8, 4) is 0 Å². The number of fused-ring (bicyclic) bond motifs is 1. The molecule has 9 heteroatoms. The van der Waals surface area contributed by atoms with Gasteiger partial charge in [-0.25, -0.2) is 4.99 Å². The number of carbonyl (C=O) groups excluding carboxylic acids is 1. The van der Waals surface area contributed by atoms with Crippen LogP contribution in [0.5, 0.6) is 0 Å². The number of nitrogens with one attached hydrogen (secondary N) is 1. The third-order valence-corrected chi connectivity index (χ3v) is 9.26. The lowest BCUT2D eigenvalue weighted by Crippen LogP contribution is -2.44. The molecule has 8 nitrogen and oxygen atoms in total. The van der Waals surface area contributed by atoms with E-state index in [4.69, 9.17) is 4.99 Å².